The van der Waals surface area contributed by atoms with E-state index in [4.69, 9.17) is 0 Å². The Balaban J connectivity index is 0.000000553. The van der Waals surface area contributed by atoms with Gasteiger partial charge < -0.3 is 5.32 Å². The number of aryl methyl sites for hydroxylation is 1. The van der Waals surface area contributed by atoms with Crippen molar-refractivity contribution >= 4 is 6.08 Å². The summed E-state index contributed by atoms with van der Waals surface area (Å²) in [6, 6.07) is 2.41. The molecule has 1 aliphatic heterocycles. The van der Waals surface area contributed by atoms with Crippen LogP contribution in [0.5, 0.6) is 0 Å². The Labute approximate surface area is 139 Å². The van der Waals surface area contributed by atoms with E-state index < -0.39 is 0 Å². The van der Waals surface area contributed by atoms with Gasteiger partial charge in [0.15, 0.2) is 0 Å². The molecule has 1 N–H and O–H groups in total. The van der Waals surface area contributed by atoms with Gasteiger partial charge in [0.2, 0.25) is 0 Å². The highest BCUT2D eigenvalue weighted by Crippen LogP contribution is 2.30. The highest BCUT2D eigenvalue weighted by molar-refractivity contribution is 5.64. The predicted octanol–water partition coefficient (Wildman–Crippen LogP) is 6.07. The quantitative estimate of drug-likeness (QED) is 0.613. The molecule has 1 heteroatoms. The second-order valence-electron chi connectivity index (χ2n) is 5.30. The molecule has 0 aromatic heterocycles. The number of hydrogen-bond donors (Lipinski definition) is 1. The van der Waals surface area contributed by atoms with Gasteiger partial charge in [-0.2, -0.15) is 0 Å². The second-order valence-corrected chi connectivity index (χ2v) is 5.30. The molecule has 1 nitrogen and oxygen atoms in total. The first-order valence-corrected chi connectivity index (χ1v) is 9.29. The van der Waals surface area contributed by atoms with Crippen LogP contribution in [0.3, 0.4) is 0 Å². The molecule has 0 saturated carbocycles. The lowest BCUT2D eigenvalue weighted by Crippen LogP contribution is -2.25. The Kier molecular flexibility index (Phi) is 11.9. The first kappa shape index (κ1) is 20.9. The Morgan fingerprint density at radius 1 is 1.00 bits per heavy atom. The maximum Gasteiger partial charge on any atom is 0.0214 e. The standard InChI is InChI=1S/C14H17N.C3H8.2C2H6/c1-10-8-11-6-7-15-9-14(11)13-5-3-2-4-12(10)13;1-3-2;2*1-2/h3,5,8,15H,2,4,6-7,9H2,1H3;3H2,1-2H3;2*1-2H3. The molecule has 0 bridgehead atoms. The third-order valence-electron chi connectivity index (χ3n) is 3.62. The fraction of sp³-hybridized carbons (Fsp3) is 0.619. The van der Waals surface area contributed by atoms with Crippen molar-refractivity contribution in [2.45, 2.75) is 80.7 Å². The van der Waals surface area contributed by atoms with Crippen molar-refractivity contribution in [3.63, 3.8) is 0 Å². The van der Waals surface area contributed by atoms with Crippen LogP contribution in [0.1, 0.15) is 82.2 Å². The van der Waals surface area contributed by atoms with Crippen molar-refractivity contribution in [1.29, 1.82) is 0 Å². The molecule has 1 aromatic carbocycles. The van der Waals surface area contributed by atoms with Crippen LogP contribution < -0.4 is 5.32 Å². The van der Waals surface area contributed by atoms with Crippen molar-refractivity contribution in [3.8, 4) is 0 Å². The van der Waals surface area contributed by atoms with Crippen molar-refractivity contribution in [1.82, 2.24) is 5.32 Å². The average Bonchev–Trinajstić information content (AvgIpc) is 2.60. The lowest BCUT2D eigenvalue weighted by atomic mass is 9.85. The summed E-state index contributed by atoms with van der Waals surface area (Å²) >= 11 is 0. The molecular formula is C21H37N. The van der Waals surface area contributed by atoms with Gasteiger partial charge in [0.05, 0.1) is 0 Å². The molecule has 0 radical (unpaired) electrons. The summed E-state index contributed by atoms with van der Waals surface area (Å²) in [4.78, 5) is 0. The van der Waals surface area contributed by atoms with E-state index in [1.54, 1.807) is 16.7 Å². The summed E-state index contributed by atoms with van der Waals surface area (Å²) in [7, 11) is 0. The minimum atomic E-state index is 1.06. The van der Waals surface area contributed by atoms with Gasteiger partial charge in [-0.3, -0.25) is 0 Å². The number of rotatable bonds is 0. The summed E-state index contributed by atoms with van der Waals surface area (Å²) < 4.78 is 0. The summed E-state index contributed by atoms with van der Waals surface area (Å²) in [5.74, 6) is 0. The first-order valence-electron chi connectivity index (χ1n) is 9.29. The lowest BCUT2D eigenvalue weighted by Gasteiger charge is -2.25. The number of allylic oxidation sites excluding steroid dienone is 1. The van der Waals surface area contributed by atoms with E-state index in [1.165, 1.54) is 36.8 Å². The zero-order chi connectivity index (χ0) is 17.0. The number of nitrogens with one attached hydrogen (secondary N) is 1. The monoisotopic (exact) mass is 303 g/mol. The molecule has 1 heterocycles. The third kappa shape index (κ3) is 5.61. The van der Waals surface area contributed by atoms with Crippen LogP contribution >= 0.6 is 0 Å². The minimum absolute atomic E-state index is 1.06. The summed E-state index contributed by atoms with van der Waals surface area (Å²) in [6.45, 7) is 16.7. The molecule has 0 spiro atoms. The molecule has 0 fully saturated rings. The van der Waals surface area contributed by atoms with Gasteiger partial charge in [-0.25, -0.2) is 0 Å². The SMILES string of the molecule is CC.CC.CCC.Cc1cc2c(c3c1CCC=C3)CNCC2. The minimum Gasteiger partial charge on any atom is -0.312 e. The van der Waals surface area contributed by atoms with Gasteiger partial charge in [-0.15, -0.1) is 0 Å². The Morgan fingerprint density at radius 2 is 1.64 bits per heavy atom. The van der Waals surface area contributed by atoms with E-state index in [-0.39, 0.29) is 0 Å². The lowest BCUT2D eigenvalue weighted by molar-refractivity contribution is 0.640. The van der Waals surface area contributed by atoms with Gasteiger partial charge in [-0.1, -0.05) is 66.2 Å². The molecule has 126 valence electrons. The maximum atomic E-state index is 3.48. The van der Waals surface area contributed by atoms with E-state index in [0.717, 1.165) is 13.1 Å². The van der Waals surface area contributed by atoms with E-state index in [0.29, 0.717) is 0 Å². The molecule has 0 atom stereocenters. The van der Waals surface area contributed by atoms with Crippen molar-refractivity contribution in [3.05, 3.63) is 40.0 Å². The number of benzene rings is 1. The molecule has 22 heavy (non-hydrogen) atoms. The fourth-order valence-corrected chi connectivity index (χ4v) is 2.83. The van der Waals surface area contributed by atoms with Crippen LogP contribution in [0, 0.1) is 6.92 Å². The second kappa shape index (κ2) is 12.5. The van der Waals surface area contributed by atoms with Crippen LogP contribution in [0.2, 0.25) is 0 Å². The van der Waals surface area contributed by atoms with Gasteiger partial charge in [0.25, 0.3) is 0 Å². The van der Waals surface area contributed by atoms with Crippen molar-refractivity contribution in [2.75, 3.05) is 6.54 Å². The maximum absolute atomic E-state index is 3.48. The Hall–Kier alpha value is -1.08. The van der Waals surface area contributed by atoms with E-state index in [9.17, 15) is 0 Å². The molecule has 0 unspecified atom stereocenters. The van der Waals surface area contributed by atoms with Crippen LogP contribution in [0.15, 0.2) is 12.1 Å². The predicted molar refractivity (Wildman–Crippen MR) is 103 cm³/mol. The largest absolute Gasteiger partial charge is 0.312 e. The van der Waals surface area contributed by atoms with E-state index >= 15 is 0 Å². The van der Waals surface area contributed by atoms with Gasteiger partial charge in [0.1, 0.15) is 0 Å². The molecule has 1 aromatic rings. The molecule has 1 aliphatic carbocycles. The normalized spacial score (nSPS) is 14.0. The average molecular weight is 304 g/mol. The van der Waals surface area contributed by atoms with Crippen LogP contribution in [0.25, 0.3) is 6.08 Å². The highest BCUT2D eigenvalue weighted by Gasteiger charge is 2.17. The van der Waals surface area contributed by atoms with Gasteiger partial charge >= 0.3 is 0 Å². The third-order valence-corrected chi connectivity index (χ3v) is 3.62. The molecule has 3 rings (SSSR count). The number of fused-ring (bicyclic) bond motifs is 3. The van der Waals surface area contributed by atoms with Crippen LogP contribution in [0.4, 0.5) is 0 Å². The Morgan fingerprint density at radius 3 is 2.27 bits per heavy atom. The molecule has 2 aliphatic rings. The molecule has 0 saturated heterocycles. The Bertz CT molecular complexity index is 444. The summed E-state index contributed by atoms with van der Waals surface area (Å²) in [5, 5.41) is 3.48. The van der Waals surface area contributed by atoms with Gasteiger partial charge in [-0.05, 0) is 60.5 Å². The van der Waals surface area contributed by atoms with Crippen LogP contribution in [-0.2, 0) is 19.4 Å². The van der Waals surface area contributed by atoms with E-state index in [2.05, 4.69) is 44.3 Å². The fourth-order valence-electron chi connectivity index (χ4n) is 2.83. The number of hydrogen-bond acceptors (Lipinski definition) is 1. The zero-order valence-corrected chi connectivity index (χ0v) is 16.0. The van der Waals surface area contributed by atoms with E-state index in [1.807, 2.05) is 27.7 Å². The van der Waals surface area contributed by atoms with Crippen molar-refractivity contribution < 1.29 is 0 Å². The van der Waals surface area contributed by atoms with Gasteiger partial charge in [0, 0.05) is 6.54 Å². The molecular weight excluding hydrogens is 266 g/mol. The smallest absolute Gasteiger partial charge is 0.0214 e. The summed E-state index contributed by atoms with van der Waals surface area (Å²) in [6.07, 6.45) is 9.52. The van der Waals surface area contributed by atoms with Crippen LogP contribution in [-0.4, -0.2) is 6.54 Å². The first-order chi connectivity index (χ1) is 10.8. The summed E-state index contributed by atoms with van der Waals surface area (Å²) in [5.41, 5.74) is 7.72. The highest BCUT2D eigenvalue weighted by atomic mass is 14.9. The molecule has 0 amide bonds. The zero-order valence-electron chi connectivity index (χ0n) is 16.0. The van der Waals surface area contributed by atoms with Crippen molar-refractivity contribution in [2.24, 2.45) is 0 Å². The topological polar surface area (TPSA) is 12.0 Å².